The molecule has 1 amide bonds. The predicted molar refractivity (Wildman–Crippen MR) is 80.6 cm³/mol. The van der Waals surface area contributed by atoms with Crippen LogP contribution in [0.25, 0.3) is 6.08 Å². The van der Waals surface area contributed by atoms with Crippen LogP contribution >= 0.6 is 12.2 Å². The van der Waals surface area contributed by atoms with Crippen LogP contribution in [0.2, 0.25) is 0 Å². The summed E-state index contributed by atoms with van der Waals surface area (Å²) in [5, 5.41) is 3.34. The van der Waals surface area contributed by atoms with E-state index >= 15 is 0 Å². The first-order valence-corrected chi connectivity index (χ1v) is 6.58. The molecule has 1 heterocycles. The van der Waals surface area contributed by atoms with Crippen LogP contribution in [0.1, 0.15) is 12.5 Å². The van der Waals surface area contributed by atoms with Crippen molar-refractivity contribution in [1.29, 1.82) is 0 Å². The number of likely N-dealkylation sites (N-methyl/N-ethyl adjacent to an activating group) is 1. The highest BCUT2D eigenvalue weighted by atomic mass is 32.1. The zero-order valence-corrected chi connectivity index (χ0v) is 12.4. The Bertz CT molecular complexity index is 584. The monoisotopic (exact) mass is 292 g/mol. The van der Waals surface area contributed by atoms with Gasteiger partial charge in [-0.2, -0.15) is 0 Å². The van der Waals surface area contributed by atoms with Crippen LogP contribution in [0, 0.1) is 0 Å². The standard InChI is InChI=1S/C14H16N2O3S/c1-4-16-13(17)11(15-14(16)20)7-9-5-6-10(18-2)8-12(9)19-3/h5-8H,4H2,1-3H3,(H,15,20)/b11-7+. The van der Waals surface area contributed by atoms with E-state index in [1.807, 2.05) is 19.1 Å². The topological polar surface area (TPSA) is 50.8 Å². The highest BCUT2D eigenvalue weighted by molar-refractivity contribution is 7.80. The summed E-state index contributed by atoms with van der Waals surface area (Å²) < 4.78 is 10.4. The maximum atomic E-state index is 12.1. The van der Waals surface area contributed by atoms with Crippen LogP contribution in [0.3, 0.4) is 0 Å². The lowest BCUT2D eigenvalue weighted by molar-refractivity contribution is -0.122. The summed E-state index contributed by atoms with van der Waals surface area (Å²) in [7, 11) is 3.16. The van der Waals surface area contributed by atoms with Crippen molar-refractivity contribution in [2.45, 2.75) is 6.92 Å². The lowest BCUT2D eigenvalue weighted by atomic mass is 10.1. The molecule has 106 valence electrons. The number of hydrogen-bond donors (Lipinski definition) is 1. The molecule has 20 heavy (non-hydrogen) atoms. The van der Waals surface area contributed by atoms with Gasteiger partial charge in [-0.05, 0) is 37.4 Å². The van der Waals surface area contributed by atoms with E-state index in [0.717, 1.165) is 5.56 Å². The molecule has 0 bridgehead atoms. The van der Waals surface area contributed by atoms with Gasteiger partial charge in [0.05, 0.1) is 14.2 Å². The fourth-order valence-corrected chi connectivity index (χ4v) is 2.27. The van der Waals surface area contributed by atoms with Crippen molar-refractivity contribution >= 4 is 29.3 Å². The summed E-state index contributed by atoms with van der Waals surface area (Å²) >= 11 is 5.11. The summed E-state index contributed by atoms with van der Waals surface area (Å²) in [6, 6.07) is 5.41. The van der Waals surface area contributed by atoms with Crippen LogP contribution in [0.5, 0.6) is 11.5 Å². The molecule has 1 N–H and O–H groups in total. The van der Waals surface area contributed by atoms with E-state index in [9.17, 15) is 4.79 Å². The number of carbonyl (C=O) groups excluding carboxylic acids is 1. The van der Waals surface area contributed by atoms with Crippen LogP contribution in [-0.2, 0) is 4.79 Å². The maximum Gasteiger partial charge on any atom is 0.276 e. The van der Waals surface area contributed by atoms with Crippen LogP contribution in [-0.4, -0.2) is 36.7 Å². The Labute approximate surface area is 123 Å². The Morgan fingerprint density at radius 1 is 1.35 bits per heavy atom. The smallest absolute Gasteiger partial charge is 0.276 e. The third kappa shape index (κ3) is 2.60. The molecule has 1 aromatic rings. The normalized spacial score (nSPS) is 16.6. The second-order valence-electron chi connectivity index (χ2n) is 4.15. The molecule has 2 rings (SSSR count). The SMILES string of the molecule is CCN1C(=O)/C(=C\c2ccc(OC)cc2OC)NC1=S. The molecule has 1 aliphatic heterocycles. The number of rotatable bonds is 4. The molecular weight excluding hydrogens is 276 g/mol. The molecule has 1 aliphatic rings. The second kappa shape index (κ2) is 5.92. The Kier molecular flexibility index (Phi) is 4.24. The van der Waals surface area contributed by atoms with Crippen molar-refractivity contribution in [3.8, 4) is 11.5 Å². The lowest BCUT2D eigenvalue weighted by Gasteiger charge is -2.09. The van der Waals surface area contributed by atoms with Gasteiger partial charge in [0.15, 0.2) is 5.11 Å². The summed E-state index contributed by atoms with van der Waals surface area (Å²) in [5.74, 6) is 1.20. The highest BCUT2D eigenvalue weighted by Crippen LogP contribution is 2.27. The average Bonchev–Trinajstić information content (AvgIpc) is 2.73. The number of nitrogens with zero attached hydrogens (tertiary/aromatic N) is 1. The van der Waals surface area contributed by atoms with Gasteiger partial charge in [0.2, 0.25) is 0 Å². The van der Waals surface area contributed by atoms with Gasteiger partial charge in [-0.3, -0.25) is 9.69 Å². The fraction of sp³-hybridized carbons (Fsp3) is 0.286. The van der Waals surface area contributed by atoms with Crippen LogP contribution in [0.15, 0.2) is 23.9 Å². The Morgan fingerprint density at radius 2 is 2.10 bits per heavy atom. The van der Waals surface area contributed by atoms with Crippen LogP contribution in [0.4, 0.5) is 0 Å². The van der Waals surface area contributed by atoms with E-state index in [1.165, 1.54) is 4.90 Å². The molecule has 0 saturated carbocycles. The molecule has 1 fully saturated rings. The van der Waals surface area contributed by atoms with Crippen molar-refractivity contribution in [2.75, 3.05) is 20.8 Å². The molecule has 0 atom stereocenters. The lowest BCUT2D eigenvalue weighted by Crippen LogP contribution is -2.30. The number of methoxy groups -OCH3 is 2. The minimum atomic E-state index is -0.129. The van der Waals surface area contributed by atoms with Crippen LogP contribution < -0.4 is 14.8 Å². The van der Waals surface area contributed by atoms with E-state index in [1.54, 1.807) is 26.4 Å². The minimum absolute atomic E-state index is 0.129. The second-order valence-corrected chi connectivity index (χ2v) is 4.53. The number of ether oxygens (including phenoxy) is 2. The largest absolute Gasteiger partial charge is 0.497 e. The van der Waals surface area contributed by atoms with E-state index in [4.69, 9.17) is 21.7 Å². The first-order valence-electron chi connectivity index (χ1n) is 6.17. The van der Waals surface area contributed by atoms with E-state index < -0.39 is 0 Å². The summed E-state index contributed by atoms with van der Waals surface area (Å²) in [5.41, 5.74) is 1.23. The van der Waals surface area contributed by atoms with E-state index in [-0.39, 0.29) is 5.91 Å². The first kappa shape index (κ1) is 14.3. The Balaban J connectivity index is 2.36. The molecule has 0 aromatic heterocycles. The highest BCUT2D eigenvalue weighted by Gasteiger charge is 2.29. The van der Waals surface area contributed by atoms with Gasteiger partial charge in [-0.15, -0.1) is 0 Å². The van der Waals surface area contributed by atoms with Gasteiger partial charge in [0.1, 0.15) is 17.2 Å². The minimum Gasteiger partial charge on any atom is -0.497 e. The van der Waals surface area contributed by atoms with Crippen molar-refractivity contribution in [3.05, 3.63) is 29.5 Å². The van der Waals surface area contributed by atoms with Crippen molar-refractivity contribution < 1.29 is 14.3 Å². The molecule has 0 unspecified atom stereocenters. The summed E-state index contributed by atoms with van der Waals surface area (Å²) in [6.45, 7) is 2.42. The molecule has 5 nitrogen and oxygen atoms in total. The molecule has 6 heteroatoms. The third-order valence-corrected chi connectivity index (χ3v) is 3.34. The Morgan fingerprint density at radius 3 is 2.65 bits per heavy atom. The van der Waals surface area contributed by atoms with Crippen molar-refractivity contribution in [2.24, 2.45) is 0 Å². The van der Waals surface area contributed by atoms with Crippen molar-refractivity contribution in [1.82, 2.24) is 10.2 Å². The van der Waals surface area contributed by atoms with Crippen molar-refractivity contribution in [3.63, 3.8) is 0 Å². The molecule has 0 radical (unpaired) electrons. The number of benzene rings is 1. The number of amides is 1. The summed E-state index contributed by atoms with van der Waals surface area (Å²) in [6.07, 6.45) is 1.72. The molecule has 1 saturated heterocycles. The predicted octanol–water partition coefficient (Wildman–Crippen LogP) is 1.78. The van der Waals surface area contributed by atoms with E-state index in [2.05, 4.69) is 5.32 Å². The number of hydrogen-bond acceptors (Lipinski definition) is 4. The molecule has 1 aromatic carbocycles. The Hall–Kier alpha value is -2.08. The molecule has 0 aliphatic carbocycles. The number of carbonyl (C=O) groups is 1. The molecule has 0 spiro atoms. The average molecular weight is 292 g/mol. The van der Waals surface area contributed by atoms with Gasteiger partial charge in [-0.1, -0.05) is 0 Å². The number of nitrogens with one attached hydrogen (secondary N) is 1. The summed E-state index contributed by atoms with van der Waals surface area (Å²) in [4.78, 5) is 13.6. The quantitative estimate of drug-likeness (QED) is 0.677. The fourth-order valence-electron chi connectivity index (χ4n) is 1.95. The first-order chi connectivity index (χ1) is 9.60. The third-order valence-electron chi connectivity index (χ3n) is 3.02. The number of thiocarbonyl (C=S) groups is 1. The van der Waals surface area contributed by atoms with Gasteiger partial charge in [0, 0.05) is 18.2 Å². The van der Waals surface area contributed by atoms with Gasteiger partial charge >= 0.3 is 0 Å². The maximum absolute atomic E-state index is 12.1. The zero-order chi connectivity index (χ0) is 14.7. The molecular formula is C14H16N2O3S. The van der Waals surface area contributed by atoms with E-state index in [0.29, 0.717) is 28.9 Å². The van der Waals surface area contributed by atoms with Gasteiger partial charge in [-0.25, -0.2) is 0 Å². The van der Waals surface area contributed by atoms with Gasteiger partial charge in [0.25, 0.3) is 5.91 Å². The zero-order valence-electron chi connectivity index (χ0n) is 11.6. The van der Waals surface area contributed by atoms with Gasteiger partial charge < -0.3 is 14.8 Å².